The SMILES string of the molecule is Cc1ccsc1CN(Cc1ccc2c(c1)OCO2)C(=O)CN(CCN1CCOCC1)C(=O)c1ccc(Cl)cc1. The quantitative estimate of drug-likeness (QED) is 0.359. The number of ether oxygens (including phenoxy) is 3. The van der Waals surface area contributed by atoms with Gasteiger partial charge in [0.25, 0.3) is 5.91 Å². The van der Waals surface area contributed by atoms with Crippen molar-refractivity contribution >= 4 is 34.8 Å². The summed E-state index contributed by atoms with van der Waals surface area (Å²) >= 11 is 7.69. The molecule has 0 spiro atoms. The first kappa shape index (κ1) is 27.5. The first-order valence-electron chi connectivity index (χ1n) is 13.0. The summed E-state index contributed by atoms with van der Waals surface area (Å²) in [5.74, 6) is 1.07. The Morgan fingerprint density at radius 2 is 1.74 bits per heavy atom. The lowest BCUT2D eigenvalue weighted by Gasteiger charge is -2.31. The Kier molecular flexibility index (Phi) is 9.03. The van der Waals surface area contributed by atoms with E-state index in [1.54, 1.807) is 40.5 Å². The third-order valence-electron chi connectivity index (χ3n) is 6.96. The summed E-state index contributed by atoms with van der Waals surface area (Å²) in [4.78, 5) is 34.3. The van der Waals surface area contributed by atoms with Crippen molar-refractivity contribution in [1.82, 2.24) is 14.7 Å². The number of hydrogen-bond acceptors (Lipinski definition) is 7. The van der Waals surface area contributed by atoms with Crippen molar-refractivity contribution in [3.8, 4) is 11.5 Å². The standard InChI is InChI=1S/C29H32ClN3O5S/c1-21-8-15-39-27(21)18-33(17-22-2-7-25-26(16-22)38-20-37-25)28(34)19-32(10-9-31-11-13-36-14-12-31)29(35)23-3-5-24(30)6-4-23/h2-8,15-16H,9-14,17-20H2,1H3. The van der Waals surface area contributed by atoms with Crippen LogP contribution >= 0.6 is 22.9 Å². The summed E-state index contributed by atoms with van der Waals surface area (Å²) in [6.45, 7) is 7.14. The number of rotatable bonds is 10. The zero-order valence-corrected chi connectivity index (χ0v) is 23.5. The zero-order chi connectivity index (χ0) is 27.2. The Labute approximate surface area is 237 Å². The minimum absolute atomic E-state index is 0.0270. The van der Waals surface area contributed by atoms with Gasteiger partial charge in [0.15, 0.2) is 11.5 Å². The monoisotopic (exact) mass is 569 g/mol. The van der Waals surface area contributed by atoms with Crippen molar-refractivity contribution in [2.24, 2.45) is 0 Å². The highest BCUT2D eigenvalue weighted by Gasteiger charge is 2.25. The van der Waals surface area contributed by atoms with Crippen LogP contribution in [-0.2, 0) is 22.6 Å². The maximum absolute atomic E-state index is 13.9. The number of halogens is 1. The molecule has 0 radical (unpaired) electrons. The van der Waals surface area contributed by atoms with E-state index in [2.05, 4.69) is 11.0 Å². The predicted octanol–water partition coefficient (Wildman–Crippen LogP) is 4.44. The molecule has 3 heterocycles. The molecular formula is C29H32ClN3O5S. The molecule has 206 valence electrons. The molecule has 1 aromatic heterocycles. The molecule has 2 aliphatic rings. The van der Waals surface area contributed by atoms with Crippen molar-refractivity contribution in [1.29, 1.82) is 0 Å². The second-order valence-corrected chi connectivity index (χ2v) is 11.1. The molecule has 0 aliphatic carbocycles. The van der Waals surface area contributed by atoms with E-state index in [-0.39, 0.29) is 25.2 Å². The van der Waals surface area contributed by atoms with Crippen LogP contribution < -0.4 is 9.47 Å². The minimum Gasteiger partial charge on any atom is -0.454 e. The van der Waals surface area contributed by atoms with Crippen LogP contribution in [0.5, 0.6) is 11.5 Å². The van der Waals surface area contributed by atoms with Crippen LogP contribution in [0.3, 0.4) is 0 Å². The van der Waals surface area contributed by atoms with Gasteiger partial charge in [0.1, 0.15) is 6.54 Å². The first-order chi connectivity index (χ1) is 19.0. The molecule has 2 aliphatic heterocycles. The summed E-state index contributed by atoms with van der Waals surface area (Å²) in [5, 5.41) is 2.59. The largest absolute Gasteiger partial charge is 0.454 e. The van der Waals surface area contributed by atoms with Gasteiger partial charge in [-0.25, -0.2) is 0 Å². The van der Waals surface area contributed by atoms with E-state index in [4.69, 9.17) is 25.8 Å². The molecule has 0 unspecified atom stereocenters. The molecule has 3 aromatic rings. The van der Waals surface area contributed by atoms with Crippen molar-refractivity contribution in [3.63, 3.8) is 0 Å². The number of hydrogen-bond donors (Lipinski definition) is 0. The van der Waals surface area contributed by atoms with Crippen LogP contribution in [0.25, 0.3) is 0 Å². The number of carbonyl (C=O) groups is 2. The molecule has 5 rings (SSSR count). The van der Waals surface area contributed by atoms with Gasteiger partial charge in [-0.3, -0.25) is 14.5 Å². The smallest absolute Gasteiger partial charge is 0.254 e. The number of carbonyl (C=O) groups excluding carboxylic acids is 2. The van der Waals surface area contributed by atoms with Gasteiger partial charge in [-0.2, -0.15) is 0 Å². The lowest BCUT2D eigenvalue weighted by molar-refractivity contribution is -0.133. The van der Waals surface area contributed by atoms with Gasteiger partial charge in [-0.1, -0.05) is 17.7 Å². The Balaban J connectivity index is 1.36. The molecule has 0 bridgehead atoms. The molecule has 0 saturated carbocycles. The third kappa shape index (κ3) is 7.10. The number of nitrogens with zero attached hydrogens (tertiary/aromatic N) is 3. The Bertz CT molecular complexity index is 1290. The van der Waals surface area contributed by atoms with Gasteiger partial charge < -0.3 is 24.0 Å². The lowest BCUT2D eigenvalue weighted by Crippen LogP contribution is -2.47. The molecule has 2 aromatic carbocycles. The Morgan fingerprint density at radius 1 is 0.974 bits per heavy atom. The van der Waals surface area contributed by atoms with E-state index in [0.29, 0.717) is 61.5 Å². The third-order valence-corrected chi connectivity index (χ3v) is 8.22. The van der Waals surface area contributed by atoms with Gasteiger partial charge >= 0.3 is 0 Å². The summed E-state index contributed by atoms with van der Waals surface area (Å²) in [6, 6.07) is 14.6. The Hall–Kier alpha value is -3.11. The molecular weight excluding hydrogens is 538 g/mol. The van der Waals surface area contributed by atoms with Gasteiger partial charge in [-0.05, 0) is 65.9 Å². The maximum atomic E-state index is 13.9. The predicted molar refractivity (Wildman–Crippen MR) is 150 cm³/mol. The zero-order valence-electron chi connectivity index (χ0n) is 21.9. The minimum atomic E-state index is -0.191. The van der Waals surface area contributed by atoms with Crippen LogP contribution in [0.15, 0.2) is 53.9 Å². The van der Waals surface area contributed by atoms with Crippen LogP contribution in [0.1, 0.15) is 26.4 Å². The van der Waals surface area contributed by atoms with Crippen LogP contribution in [0.4, 0.5) is 0 Å². The molecule has 2 amide bonds. The van der Waals surface area contributed by atoms with Gasteiger partial charge in [-0.15, -0.1) is 11.3 Å². The molecule has 1 fully saturated rings. The number of aryl methyl sites for hydroxylation is 1. The molecule has 8 nitrogen and oxygen atoms in total. The molecule has 0 N–H and O–H groups in total. The number of amides is 2. The molecule has 0 atom stereocenters. The van der Waals surface area contributed by atoms with E-state index in [1.165, 1.54) is 0 Å². The fourth-order valence-corrected chi connectivity index (χ4v) is 5.66. The summed E-state index contributed by atoms with van der Waals surface area (Å²) in [7, 11) is 0. The van der Waals surface area contributed by atoms with Gasteiger partial charge in [0.05, 0.1) is 19.8 Å². The highest BCUT2D eigenvalue weighted by Crippen LogP contribution is 2.33. The average molecular weight is 570 g/mol. The highest BCUT2D eigenvalue weighted by molar-refractivity contribution is 7.10. The Morgan fingerprint density at radius 3 is 2.49 bits per heavy atom. The molecule has 1 saturated heterocycles. The van der Waals surface area contributed by atoms with Crippen molar-refractivity contribution < 1.29 is 23.8 Å². The fraction of sp³-hybridized carbons (Fsp3) is 0.379. The van der Waals surface area contributed by atoms with E-state index < -0.39 is 0 Å². The number of fused-ring (bicyclic) bond motifs is 1. The number of thiophene rings is 1. The fourth-order valence-electron chi connectivity index (χ4n) is 4.61. The average Bonchev–Trinajstić information content (AvgIpc) is 3.59. The number of morpholine rings is 1. The van der Waals surface area contributed by atoms with Crippen molar-refractivity contribution in [2.45, 2.75) is 20.0 Å². The van der Waals surface area contributed by atoms with Crippen molar-refractivity contribution in [2.75, 3.05) is 52.7 Å². The summed E-state index contributed by atoms with van der Waals surface area (Å²) < 4.78 is 16.5. The first-order valence-corrected chi connectivity index (χ1v) is 14.3. The molecule has 10 heteroatoms. The lowest BCUT2D eigenvalue weighted by atomic mass is 10.1. The number of benzene rings is 2. The maximum Gasteiger partial charge on any atom is 0.254 e. The normalized spacial score (nSPS) is 14.8. The summed E-state index contributed by atoms with van der Waals surface area (Å²) in [5.41, 5.74) is 2.58. The van der Waals surface area contributed by atoms with Crippen LogP contribution in [0, 0.1) is 6.92 Å². The van der Waals surface area contributed by atoms with E-state index in [0.717, 1.165) is 29.1 Å². The van der Waals surface area contributed by atoms with Crippen LogP contribution in [0.2, 0.25) is 5.02 Å². The molecule has 39 heavy (non-hydrogen) atoms. The van der Waals surface area contributed by atoms with Gasteiger partial charge in [0, 0.05) is 48.2 Å². The van der Waals surface area contributed by atoms with Crippen molar-refractivity contribution in [3.05, 3.63) is 80.5 Å². The highest BCUT2D eigenvalue weighted by atomic mass is 35.5. The van der Waals surface area contributed by atoms with Gasteiger partial charge in [0.2, 0.25) is 12.7 Å². The van der Waals surface area contributed by atoms with Crippen LogP contribution in [-0.4, -0.2) is 79.2 Å². The van der Waals surface area contributed by atoms with E-state index >= 15 is 0 Å². The topological polar surface area (TPSA) is 71.6 Å². The van der Waals surface area contributed by atoms with E-state index in [9.17, 15) is 9.59 Å². The second kappa shape index (κ2) is 12.8. The second-order valence-electron chi connectivity index (χ2n) is 9.65. The van der Waals surface area contributed by atoms with E-state index in [1.807, 2.05) is 35.4 Å². The summed E-state index contributed by atoms with van der Waals surface area (Å²) in [6.07, 6.45) is 0.